The molecule has 0 aromatic heterocycles. The lowest BCUT2D eigenvalue weighted by Crippen LogP contribution is -2.35. The average molecular weight is 207 g/mol. The van der Waals surface area contributed by atoms with Gasteiger partial charge in [-0.05, 0) is 0 Å². The number of hydrogen-bond donors (Lipinski definition) is 0. The van der Waals surface area contributed by atoms with Gasteiger partial charge >= 0.3 is 5.97 Å². The van der Waals surface area contributed by atoms with Crippen molar-refractivity contribution in [3.8, 4) is 0 Å². The van der Waals surface area contributed by atoms with E-state index in [9.17, 15) is 4.79 Å². The second-order valence-corrected chi connectivity index (χ2v) is 3.83. The summed E-state index contributed by atoms with van der Waals surface area (Å²) in [5.41, 5.74) is -0.528. The van der Waals surface area contributed by atoms with E-state index in [1.165, 1.54) is 7.11 Å². The van der Waals surface area contributed by atoms with Gasteiger partial charge in [-0.1, -0.05) is 11.6 Å². The third-order valence-electron chi connectivity index (χ3n) is 2.63. The minimum atomic E-state index is -1.24. The Hall–Kier alpha value is -0.320. The van der Waals surface area contributed by atoms with E-state index in [4.69, 9.17) is 21.1 Å². The topological polar surface area (TPSA) is 48.1 Å². The number of carbonyl (C=O) groups excluding carboxylic acids is 1. The molecule has 0 aromatic rings. The number of methoxy groups -OCH3 is 1. The second kappa shape index (κ2) is 2.83. The van der Waals surface area contributed by atoms with E-state index in [0.717, 1.165) is 0 Å². The molecule has 2 rings (SSSR count). The van der Waals surface area contributed by atoms with Crippen LogP contribution in [0.5, 0.6) is 0 Å². The van der Waals surface area contributed by atoms with Crippen LogP contribution in [0.4, 0.5) is 0 Å². The monoisotopic (exact) mass is 206 g/mol. The molecular weight excluding hydrogens is 196 g/mol. The van der Waals surface area contributed by atoms with Gasteiger partial charge in [0.15, 0.2) is 0 Å². The lowest BCUT2D eigenvalue weighted by molar-refractivity contribution is -0.143. The average Bonchev–Trinajstić information content (AvgIpc) is 2.72. The standard InChI is InChI=1S/C8H11ClO4/c1-11-6(10)8(9)7(13-8)2-4-12-5-3-7/h2-5H2,1H3. The first kappa shape index (κ1) is 9.24. The quantitative estimate of drug-likeness (QED) is 0.360. The maximum atomic E-state index is 11.2. The molecule has 2 aliphatic heterocycles. The molecule has 2 aliphatic rings. The summed E-state index contributed by atoms with van der Waals surface area (Å²) in [6, 6.07) is 0. The Kier molecular flexibility index (Phi) is 2.02. The molecule has 2 fully saturated rings. The van der Waals surface area contributed by atoms with Crippen LogP contribution in [0, 0.1) is 0 Å². The Balaban J connectivity index is 2.09. The van der Waals surface area contributed by atoms with Crippen LogP contribution in [0.3, 0.4) is 0 Å². The molecule has 2 saturated heterocycles. The van der Waals surface area contributed by atoms with Gasteiger partial charge in [0.1, 0.15) is 5.60 Å². The predicted molar refractivity (Wildman–Crippen MR) is 44.5 cm³/mol. The number of carbonyl (C=O) groups is 1. The number of esters is 1. The first-order valence-electron chi connectivity index (χ1n) is 4.20. The van der Waals surface area contributed by atoms with Crippen molar-refractivity contribution in [3.63, 3.8) is 0 Å². The number of alkyl halides is 1. The van der Waals surface area contributed by atoms with E-state index in [0.29, 0.717) is 26.1 Å². The predicted octanol–water partition coefficient (Wildman–Crippen LogP) is 0.674. The summed E-state index contributed by atoms with van der Waals surface area (Å²) in [6.45, 7) is 1.18. The first-order chi connectivity index (χ1) is 6.15. The minimum Gasteiger partial charge on any atom is -0.466 e. The molecule has 13 heavy (non-hydrogen) atoms. The third kappa shape index (κ3) is 1.16. The van der Waals surface area contributed by atoms with Crippen LogP contribution in [0.1, 0.15) is 12.8 Å². The van der Waals surface area contributed by atoms with Crippen LogP contribution in [0.2, 0.25) is 0 Å². The zero-order chi connectivity index (χ0) is 9.53. The lowest BCUT2D eigenvalue weighted by Gasteiger charge is -2.19. The smallest absolute Gasteiger partial charge is 0.357 e. The highest BCUT2D eigenvalue weighted by Gasteiger charge is 2.75. The van der Waals surface area contributed by atoms with Gasteiger partial charge in [0.2, 0.25) is 0 Å². The number of epoxide rings is 1. The van der Waals surface area contributed by atoms with Crippen molar-refractivity contribution in [1.29, 1.82) is 0 Å². The van der Waals surface area contributed by atoms with Crippen LogP contribution < -0.4 is 0 Å². The van der Waals surface area contributed by atoms with Crippen molar-refractivity contribution in [2.24, 2.45) is 0 Å². The third-order valence-corrected chi connectivity index (χ3v) is 3.20. The molecule has 0 aliphatic carbocycles. The molecule has 0 radical (unpaired) electrons. The minimum absolute atomic E-state index is 0.504. The van der Waals surface area contributed by atoms with Crippen molar-refractivity contribution in [3.05, 3.63) is 0 Å². The Morgan fingerprint density at radius 3 is 2.62 bits per heavy atom. The fraction of sp³-hybridized carbons (Fsp3) is 0.875. The lowest BCUT2D eigenvalue weighted by atomic mass is 9.96. The SMILES string of the molecule is COC(=O)C1(Cl)OC12CCOCC2. The highest BCUT2D eigenvalue weighted by atomic mass is 35.5. The highest BCUT2D eigenvalue weighted by molar-refractivity contribution is 6.36. The van der Waals surface area contributed by atoms with Gasteiger partial charge in [-0.2, -0.15) is 0 Å². The van der Waals surface area contributed by atoms with Gasteiger partial charge in [0.25, 0.3) is 5.06 Å². The summed E-state index contributed by atoms with van der Waals surface area (Å²) in [4.78, 5) is 11.2. The van der Waals surface area contributed by atoms with E-state index < -0.39 is 16.6 Å². The molecule has 0 bridgehead atoms. The molecule has 1 unspecified atom stereocenters. The van der Waals surface area contributed by atoms with Crippen molar-refractivity contribution >= 4 is 17.6 Å². The largest absolute Gasteiger partial charge is 0.466 e. The van der Waals surface area contributed by atoms with E-state index >= 15 is 0 Å². The number of hydrogen-bond acceptors (Lipinski definition) is 4. The zero-order valence-electron chi connectivity index (χ0n) is 7.34. The van der Waals surface area contributed by atoms with Crippen LogP contribution >= 0.6 is 11.6 Å². The molecule has 2 heterocycles. The molecule has 5 heteroatoms. The normalized spacial score (nSPS) is 35.8. The van der Waals surface area contributed by atoms with Gasteiger partial charge in [-0.25, -0.2) is 4.79 Å². The summed E-state index contributed by atoms with van der Waals surface area (Å²) < 4.78 is 15.0. The van der Waals surface area contributed by atoms with E-state index in [-0.39, 0.29) is 0 Å². The summed E-state index contributed by atoms with van der Waals surface area (Å²) in [7, 11) is 1.31. The van der Waals surface area contributed by atoms with Crippen LogP contribution in [0.25, 0.3) is 0 Å². The first-order valence-corrected chi connectivity index (χ1v) is 4.58. The second-order valence-electron chi connectivity index (χ2n) is 3.30. The Bertz CT molecular complexity index is 236. The van der Waals surface area contributed by atoms with Gasteiger partial charge in [0, 0.05) is 26.1 Å². The zero-order valence-corrected chi connectivity index (χ0v) is 8.10. The number of halogens is 1. The van der Waals surface area contributed by atoms with E-state index in [1.807, 2.05) is 0 Å². The summed E-state index contributed by atoms with van der Waals surface area (Å²) in [5, 5.41) is -1.24. The summed E-state index contributed by atoms with van der Waals surface area (Å²) in [5.74, 6) is -0.504. The van der Waals surface area contributed by atoms with Crippen molar-refractivity contribution < 1.29 is 19.0 Å². The molecule has 0 amide bonds. The van der Waals surface area contributed by atoms with Crippen LogP contribution in [0.15, 0.2) is 0 Å². The van der Waals surface area contributed by atoms with Gasteiger partial charge in [-0.3, -0.25) is 0 Å². The number of rotatable bonds is 1. The number of ether oxygens (including phenoxy) is 3. The van der Waals surface area contributed by atoms with Crippen molar-refractivity contribution in [1.82, 2.24) is 0 Å². The van der Waals surface area contributed by atoms with E-state index in [2.05, 4.69) is 4.74 Å². The van der Waals surface area contributed by atoms with Crippen molar-refractivity contribution in [2.75, 3.05) is 20.3 Å². The molecule has 0 aromatic carbocycles. The van der Waals surface area contributed by atoms with Gasteiger partial charge in [-0.15, -0.1) is 0 Å². The van der Waals surface area contributed by atoms with Crippen molar-refractivity contribution in [2.45, 2.75) is 23.5 Å². The Labute approximate surface area is 81.1 Å². The van der Waals surface area contributed by atoms with Crippen LogP contribution in [-0.4, -0.2) is 37.0 Å². The molecule has 0 saturated carbocycles. The Morgan fingerprint density at radius 2 is 2.08 bits per heavy atom. The molecule has 74 valence electrons. The summed E-state index contributed by atoms with van der Waals surface area (Å²) >= 11 is 5.98. The maximum absolute atomic E-state index is 11.2. The Morgan fingerprint density at radius 1 is 1.46 bits per heavy atom. The molecule has 0 N–H and O–H groups in total. The maximum Gasteiger partial charge on any atom is 0.357 e. The van der Waals surface area contributed by atoms with Gasteiger partial charge < -0.3 is 14.2 Å². The fourth-order valence-corrected chi connectivity index (χ4v) is 2.14. The molecular formula is C8H11ClO4. The van der Waals surface area contributed by atoms with Gasteiger partial charge in [0.05, 0.1) is 7.11 Å². The molecule has 4 nitrogen and oxygen atoms in total. The molecule has 1 atom stereocenters. The molecule has 1 spiro atoms. The van der Waals surface area contributed by atoms with E-state index in [1.54, 1.807) is 0 Å². The summed E-state index contributed by atoms with van der Waals surface area (Å²) in [6.07, 6.45) is 1.32. The highest BCUT2D eigenvalue weighted by Crippen LogP contribution is 2.57. The fourth-order valence-electron chi connectivity index (χ4n) is 1.73. The van der Waals surface area contributed by atoms with Crippen LogP contribution in [-0.2, 0) is 19.0 Å².